The van der Waals surface area contributed by atoms with Gasteiger partial charge in [-0.25, -0.2) is 0 Å². The van der Waals surface area contributed by atoms with Gasteiger partial charge in [0.15, 0.2) is 5.82 Å². The maximum absolute atomic E-state index is 5.22. The molecular weight excluding hydrogens is 300 g/mol. The van der Waals surface area contributed by atoms with E-state index in [1.807, 2.05) is 31.2 Å². The first-order valence-corrected chi connectivity index (χ1v) is 8.04. The summed E-state index contributed by atoms with van der Waals surface area (Å²) in [6.07, 6.45) is 1.83. The largest absolute Gasteiger partial charge is 0.338 e. The lowest BCUT2D eigenvalue weighted by Gasteiger charge is -2.03. The molecule has 0 radical (unpaired) electrons. The second-order valence-corrected chi connectivity index (χ2v) is 5.79. The van der Waals surface area contributed by atoms with Crippen molar-refractivity contribution in [3.05, 3.63) is 41.5 Å². The fraction of sp³-hybridized carbons (Fsp3) is 0.357. The number of aryl methyl sites for hydroxylation is 2. The second-order valence-electron chi connectivity index (χ2n) is 4.85. The van der Waals surface area contributed by atoms with Crippen molar-refractivity contribution >= 4 is 11.8 Å². The number of hydrogen-bond donors (Lipinski definition) is 0. The molecule has 8 heteroatoms. The summed E-state index contributed by atoms with van der Waals surface area (Å²) in [6.45, 7) is 4.13. The van der Waals surface area contributed by atoms with E-state index in [0.717, 1.165) is 24.4 Å². The molecule has 0 aliphatic rings. The average Bonchev–Trinajstić information content (AvgIpc) is 3.15. The summed E-state index contributed by atoms with van der Waals surface area (Å²) in [5.41, 5.74) is 2.12. The van der Waals surface area contributed by atoms with Crippen LogP contribution in [-0.4, -0.2) is 30.3 Å². The Morgan fingerprint density at radius 1 is 1.23 bits per heavy atom. The van der Waals surface area contributed by atoms with Crippen molar-refractivity contribution in [2.75, 3.05) is 0 Å². The van der Waals surface area contributed by atoms with E-state index < -0.39 is 0 Å². The van der Waals surface area contributed by atoms with Gasteiger partial charge in [-0.15, -0.1) is 5.10 Å². The van der Waals surface area contributed by atoms with Gasteiger partial charge in [0.2, 0.25) is 11.0 Å². The summed E-state index contributed by atoms with van der Waals surface area (Å²) in [7, 11) is 0. The molecule has 2 heterocycles. The molecule has 0 saturated heterocycles. The van der Waals surface area contributed by atoms with Crippen LogP contribution in [0.5, 0.6) is 0 Å². The molecule has 0 atom stereocenters. The van der Waals surface area contributed by atoms with Crippen molar-refractivity contribution in [2.24, 2.45) is 0 Å². The van der Waals surface area contributed by atoms with Crippen LogP contribution in [0.2, 0.25) is 0 Å². The Morgan fingerprint density at radius 3 is 2.82 bits per heavy atom. The molecule has 1 aromatic carbocycles. The predicted octanol–water partition coefficient (Wildman–Crippen LogP) is 2.60. The number of hydrogen-bond acceptors (Lipinski definition) is 7. The van der Waals surface area contributed by atoms with E-state index in [1.165, 1.54) is 17.3 Å². The van der Waals surface area contributed by atoms with Gasteiger partial charge in [-0.1, -0.05) is 41.5 Å². The topological polar surface area (TPSA) is 82.5 Å². The maximum Gasteiger partial charge on any atom is 0.237 e. The summed E-state index contributed by atoms with van der Waals surface area (Å²) in [5, 5.41) is 16.5. The highest BCUT2D eigenvalue weighted by Gasteiger charge is 2.12. The second kappa shape index (κ2) is 6.69. The van der Waals surface area contributed by atoms with Crippen molar-refractivity contribution in [1.29, 1.82) is 0 Å². The summed E-state index contributed by atoms with van der Waals surface area (Å²) in [4.78, 5) is 4.34. The van der Waals surface area contributed by atoms with Gasteiger partial charge < -0.3 is 4.52 Å². The standard InChI is InChI=1S/C14H16N6OS/c1-3-4-12-15-13(21-17-12)9-22-14-16-18-19-20(14)11-7-5-10(2)6-8-11/h5-8H,3-4,9H2,1-2H3. The highest BCUT2D eigenvalue weighted by atomic mass is 32.2. The van der Waals surface area contributed by atoms with Gasteiger partial charge in [0, 0.05) is 6.42 Å². The zero-order valence-corrected chi connectivity index (χ0v) is 13.2. The van der Waals surface area contributed by atoms with Crippen LogP contribution < -0.4 is 0 Å². The quantitative estimate of drug-likeness (QED) is 0.646. The number of benzene rings is 1. The van der Waals surface area contributed by atoms with E-state index in [4.69, 9.17) is 4.52 Å². The molecular formula is C14H16N6OS. The Morgan fingerprint density at radius 2 is 2.05 bits per heavy atom. The normalized spacial score (nSPS) is 11.0. The van der Waals surface area contributed by atoms with Gasteiger partial charge in [-0.05, 0) is 35.9 Å². The van der Waals surface area contributed by atoms with Crippen LogP contribution in [0.1, 0.15) is 30.6 Å². The highest BCUT2D eigenvalue weighted by Crippen LogP contribution is 2.22. The molecule has 0 unspecified atom stereocenters. The summed E-state index contributed by atoms with van der Waals surface area (Å²) >= 11 is 1.47. The summed E-state index contributed by atoms with van der Waals surface area (Å²) in [6, 6.07) is 8.03. The lowest BCUT2D eigenvalue weighted by Crippen LogP contribution is -1.99. The molecule has 0 aliphatic carbocycles. The zero-order valence-electron chi connectivity index (χ0n) is 12.4. The minimum atomic E-state index is 0.545. The minimum Gasteiger partial charge on any atom is -0.338 e. The van der Waals surface area contributed by atoms with Gasteiger partial charge in [-0.2, -0.15) is 9.67 Å². The Labute approximate surface area is 132 Å². The fourth-order valence-electron chi connectivity index (χ4n) is 1.92. The van der Waals surface area contributed by atoms with E-state index in [1.54, 1.807) is 4.68 Å². The molecule has 3 rings (SSSR count). The summed E-state index contributed by atoms with van der Waals surface area (Å²) in [5.74, 6) is 1.88. The van der Waals surface area contributed by atoms with Crippen LogP contribution >= 0.6 is 11.8 Å². The highest BCUT2D eigenvalue weighted by molar-refractivity contribution is 7.98. The molecule has 2 aromatic heterocycles. The van der Waals surface area contributed by atoms with E-state index in [9.17, 15) is 0 Å². The first kappa shape index (κ1) is 14.7. The molecule has 0 bridgehead atoms. The Balaban J connectivity index is 1.70. The van der Waals surface area contributed by atoms with Crippen LogP contribution in [0.4, 0.5) is 0 Å². The first-order chi connectivity index (χ1) is 10.8. The average molecular weight is 316 g/mol. The van der Waals surface area contributed by atoms with Gasteiger partial charge >= 0.3 is 0 Å². The fourth-order valence-corrected chi connectivity index (χ4v) is 2.65. The monoisotopic (exact) mass is 316 g/mol. The molecule has 7 nitrogen and oxygen atoms in total. The van der Waals surface area contributed by atoms with Crippen LogP contribution in [0, 0.1) is 6.92 Å². The molecule has 0 spiro atoms. The van der Waals surface area contributed by atoms with E-state index >= 15 is 0 Å². The zero-order chi connectivity index (χ0) is 15.4. The van der Waals surface area contributed by atoms with Crippen molar-refractivity contribution in [3.63, 3.8) is 0 Å². The molecule has 0 amide bonds. The Bertz CT molecular complexity index is 736. The lowest BCUT2D eigenvalue weighted by molar-refractivity contribution is 0.384. The Hall–Kier alpha value is -2.22. The third-order valence-electron chi connectivity index (χ3n) is 3.03. The number of rotatable bonds is 6. The maximum atomic E-state index is 5.22. The minimum absolute atomic E-state index is 0.545. The van der Waals surface area contributed by atoms with Crippen LogP contribution in [0.3, 0.4) is 0 Å². The first-order valence-electron chi connectivity index (χ1n) is 7.06. The van der Waals surface area contributed by atoms with Gasteiger partial charge in [0.05, 0.1) is 11.4 Å². The predicted molar refractivity (Wildman–Crippen MR) is 81.7 cm³/mol. The SMILES string of the molecule is CCCc1noc(CSc2nnnn2-c2ccc(C)cc2)n1. The number of tetrazole rings is 1. The van der Waals surface area contributed by atoms with Crippen molar-refractivity contribution < 1.29 is 4.52 Å². The third kappa shape index (κ3) is 3.33. The molecule has 114 valence electrons. The molecule has 22 heavy (non-hydrogen) atoms. The van der Waals surface area contributed by atoms with E-state index in [0.29, 0.717) is 16.8 Å². The van der Waals surface area contributed by atoms with Crippen LogP contribution in [0.25, 0.3) is 5.69 Å². The lowest BCUT2D eigenvalue weighted by atomic mass is 10.2. The third-order valence-corrected chi connectivity index (χ3v) is 3.93. The van der Waals surface area contributed by atoms with E-state index in [2.05, 4.69) is 32.6 Å². The van der Waals surface area contributed by atoms with Crippen LogP contribution in [-0.2, 0) is 12.2 Å². The molecule has 0 fully saturated rings. The smallest absolute Gasteiger partial charge is 0.237 e. The van der Waals surface area contributed by atoms with Crippen molar-refractivity contribution in [2.45, 2.75) is 37.6 Å². The van der Waals surface area contributed by atoms with Gasteiger partial charge in [-0.3, -0.25) is 0 Å². The van der Waals surface area contributed by atoms with Gasteiger partial charge in [0.1, 0.15) is 0 Å². The number of thioether (sulfide) groups is 1. The van der Waals surface area contributed by atoms with Gasteiger partial charge in [0.25, 0.3) is 0 Å². The van der Waals surface area contributed by atoms with Crippen LogP contribution in [0.15, 0.2) is 33.9 Å². The van der Waals surface area contributed by atoms with Crippen molar-refractivity contribution in [3.8, 4) is 5.69 Å². The molecule has 3 aromatic rings. The molecule has 0 aliphatic heterocycles. The van der Waals surface area contributed by atoms with E-state index in [-0.39, 0.29) is 0 Å². The number of aromatic nitrogens is 6. The number of nitrogens with zero attached hydrogens (tertiary/aromatic N) is 6. The Kier molecular flexibility index (Phi) is 4.47. The molecule has 0 saturated carbocycles. The summed E-state index contributed by atoms with van der Waals surface area (Å²) < 4.78 is 6.92. The van der Waals surface area contributed by atoms with Crippen molar-refractivity contribution in [1.82, 2.24) is 30.3 Å². The molecule has 0 N–H and O–H groups in total.